The van der Waals surface area contributed by atoms with Crippen LogP contribution in [0.5, 0.6) is 0 Å². The molecule has 4 rings (SSSR count). The number of hydrogen-bond acceptors (Lipinski definition) is 3. The predicted octanol–water partition coefficient (Wildman–Crippen LogP) is 5.64. The third-order valence-corrected chi connectivity index (χ3v) is 5.66. The van der Waals surface area contributed by atoms with E-state index in [2.05, 4.69) is 53.1 Å². The lowest BCUT2D eigenvalue weighted by atomic mass is 9.92. The quantitative estimate of drug-likeness (QED) is 0.308. The van der Waals surface area contributed by atoms with Gasteiger partial charge in [-0.1, -0.05) is 61.8 Å². The Bertz CT molecular complexity index is 1320. The summed E-state index contributed by atoms with van der Waals surface area (Å²) in [5, 5.41) is 1.59. The van der Waals surface area contributed by atoms with E-state index >= 15 is 0 Å². The summed E-state index contributed by atoms with van der Waals surface area (Å²) in [6.45, 7) is 6.65. The van der Waals surface area contributed by atoms with Crippen molar-refractivity contribution in [1.82, 2.24) is 15.0 Å². The van der Waals surface area contributed by atoms with Crippen molar-refractivity contribution in [3.8, 4) is 11.3 Å². The molecular formula is C25H25ClN6. The van der Waals surface area contributed by atoms with E-state index in [0.29, 0.717) is 29.0 Å². The minimum atomic E-state index is 0.343. The number of amidine groups is 1. The van der Waals surface area contributed by atoms with E-state index in [-0.39, 0.29) is 0 Å². The molecule has 0 aliphatic carbocycles. The number of nitrogens with two attached hydrogens (primary N) is 1. The molecule has 3 N–H and O–H groups in total. The molecule has 0 fully saturated rings. The molecule has 4 aromatic rings. The summed E-state index contributed by atoms with van der Waals surface area (Å²) in [4.78, 5) is 21.4. The Kier molecular flexibility index (Phi) is 6.32. The maximum Gasteiger partial charge on any atom is 0.177 e. The first kappa shape index (κ1) is 21.7. The zero-order valence-electron chi connectivity index (χ0n) is 18.3. The predicted molar refractivity (Wildman–Crippen MR) is 133 cm³/mol. The average Bonchev–Trinajstić information content (AvgIpc) is 3.22. The molecule has 0 bridgehead atoms. The van der Waals surface area contributed by atoms with Gasteiger partial charge in [0.15, 0.2) is 5.84 Å². The number of fused-ring (bicyclic) bond motifs is 1. The lowest BCUT2D eigenvalue weighted by Gasteiger charge is -2.16. The van der Waals surface area contributed by atoms with Crippen LogP contribution in [0.4, 0.5) is 0 Å². The Balaban J connectivity index is 1.90. The van der Waals surface area contributed by atoms with Crippen LogP contribution in [0.3, 0.4) is 0 Å². The van der Waals surface area contributed by atoms with Gasteiger partial charge in [-0.2, -0.15) is 0 Å². The number of hydrogen-bond donors (Lipinski definition) is 2. The van der Waals surface area contributed by atoms with Crippen molar-refractivity contribution in [2.75, 3.05) is 0 Å². The largest absolute Gasteiger partial charge is 0.390 e. The summed E-state index contributed by atoms with van der Waals surface area (Å²) in [5.74, 6) is 0.816. The highest BCUT2D eigenvalue weighted by Gasteiger charge is 2.16. The molecular weight excluding hydrogens is 420 g/mol. The number of aromatic nitrogens is 3. The Morgan fingerprint density at radius 1 is 1.19 bits per heavy atom. The number of imidazole rings is 1. The van der Waals surface area contributed by atoms with Crippen LogP contribution in [0.2, 0.25) is 5.02 Å². The number of para-hydroxylation sites is 1. The number of benzene rings is 2. The van der Waals surface area contributed by atoms with Gasteiger partial charge in [0, 0.05) is 22.2 Å². The number of nitrogens with one attached hydrogen (secondary N) is 1. The van der Waals surface area contributed by atoms with E-state index in [1.807, 2.05) is 31.2 Å². The van der Waals surface area contributed by atoms with Crippen LogP contribution >= 0.6 is 11.6 Å². The molecule has 2 aromatic carbocycles. The molecule has 0 saturated carbocycles. The fourth-order valence-electron chi connectivity index (χ4n) is 3.77. The minimum absolute atomic E-state index is 0.343. The number of aliphatic imine (C=N–C) groups is 2. The molecule has 2 heterocycles. The second-order valence-corrected chi connectivity index (χ2v) is 8.25. The van der Waals surface area contributed by atoms with Gasteiger partial charge in [-0.15, -0.1) is 0 Å². The normalized spacial score (nSPS) is 12.3. The fourth-order valence-corrected chi connectivity index (χ4v) is 3.99. The van der Waals surface area contributed by atoms with Crippen molar-refractivity contribution >= 4 is 34.7 Å². The van der Waals surface area contributed by atoms with Gasteiger partial charge >= 0.3 is 0 Å². The molecule has 0 amide bonds. The van der Waals surface area contributed by atoms with Gasteiger partial charge < -0.3 is 10.7 Å². The minimum Gasteiger partial charge on any atom is -0.390 e. The van der Waals surface area contributed by atoms with Gasteiger partial charge in [-0.3, -0.25) is 4.99 Å². The van der Waals surface area contributed by atoms with Crippen molar-refractivity contribution in [3.05, 3.63) is 82.4 Å². The van der Waals surface area contributed by atoms with Gasteiger partial charge in [0.05, 0.1) is 35.4 Å². The summed E-state index contributed by atoms with van der Waals surface area (Å²) >= 11 is 6.49. The molecule has 6 nitrogen and oxygen atoms in total. The van der Waals surface area contributed by atoms with Crippen LogP contribution in [-0.4, -0.2) is 27.1 Å². The van der Waals surface area contributed by atoms with Crippen LogP contribution < -0.4 is 5.73 Å². The molecule has 0 radical (unpaired) electrons. The monoisotopic (exact) mass is 444 g/mol. The Hall–Kier alpha value is -3.51. The van der Waals surface area contributed by atoms with Gasteiger partial charge in [-0.25, -0.2) is 15.0 Å². The number of aromatic amines is 1. The second kappa shape index (κ2) is 9.32. The molecule has 0 aliphatic heterocycles. The number of nitrogens with zero attached hydrogens (tertiary/aromatic N) is 4. The molecule has 0 spiro atoms. The molecule has 0 aliphatic rings. The lowest BCUT2D eigenvalue weighted by molar-refractivity contribution is 0.867. The number of pyridine rings is 1. The Labute approximate surface area is 192 Å². The summed E-state index contributed by atoms with van der Waals surface area (Å²) in [6.07, 6.45) is 2.86. The highest BCUT2D eigenvalue weighted by molar-refractivity contribution is 6.35. The topological polar surface area (TPSA) is 92.3 Å². The molecule has 0 unspecified atom stereocenters. The lowest BCUT2D eigenvalue weighted by Crippen LogP contribution is -2.05. The molecule has 0 atom stereocenters. The van der Waals surface area contributed by atoms with Crippen molar-refractivity contribution in [2.45, 2.75) is 33.2 Å². The van der Waals surface area contributed by atoms with E-state index in [9.17, 15) is 0 Å². The fraction of sp³-hybridized carbons (Fsp3) is 0.200. The van der Waals surface area contributed by atoms with Gasteiger partial charge in [0.25, 0.3) is 0 Å². The van der Waals surface area contributed by atoms with E-state index in [1.54, 1.807) is 6.33 Å². The van der Waals surface area contributed by atoms with E-state index in [1.165, 1.54) is 11.9 Å². The first-order chi connectivity index (χ1) is 15.5. The van der Waals surface area contributed by atoms with E-state index < -0.39 is 0 Å². The molecule has 2 aromatic heterocycles. The number of H-pyrrole nitrogens is 1. The molecule has 0 saturated heterocycles. The molecule has 7 heteroatoms. The van der Waals surface area contributed by atoms with Gasteiger partial charge in [-0.05, 0) is 30.5 Å². The molecule has 162 valence electrons. The van der Waals surface area contributed by atoms with Gasteiger partial charge in [0.2, 0.25) is 0 Å². The summed E-state index contributed by atoms with van der Waals surface area (Å²) in [7, 11) is 0. The van der Waals surface area contributed by atoms with Crippen LogP contribution in [-0.2, 0) is 6.54 Å². The SMILES string of the molecule is Cc1[nH]cnc1C(N=CN)=NCc1cc2cccc(Cl)c2nc1-c1ccccc1C(C)C. The average molecular weight is 445 g/mol. The number of halogens is 1. The third-order valence-electron chi connectivity index (χ3n) is 5.35. The van der Waals surface area contributed by atoms with Gasteiger partial charge in [0.1, 0.15) is 5.69 Å². The van der Waals surface area contributed by atoms with Crippen molar-refractivity contribution in [3.63, 3.8) is 0 Å². The third kappa shape index (κ3) is 4.27. The highest BCUT2D eigenvalue weighted by atomic mass is 35.5. The molecule has 32 heavy (non-hydrogen) atoms. The van der Waals surface area contributed by atoms with Crippen LogP contribution in [0.25, 0.3) is 22.2 Å². The standard InChI is InChI=1S/C25H25ClN6/c1-15(2)19-8-4-5-9-20(19)23-18(11-17-7-6-10-21(26)24(17)32-23)12-28-25(29-13-27)22-16(3)30-14-31-22/h4-11,13-15H,12H2,1-3H3,(H,30,31)(H2,27,28,29). The maximum atomic E-state index is 6.49. The van der Waals surface area contributed by atoms with Crippen molar-refractivity contribution in [1.29, 1.82) is 0 Å². The van der Waals surface area contributed by atoms with Crippen LogP contribution in [0.15, 0.2) is 64.8 Å². The van der Waals surface area contributed by atoms with Crippen LogP contribution in [0, 0.1) is 6.92 Å². The number of aryl methyl sites for hydroxylation is 1. The summed E-state index contributed by atoms with van der Waals surface area (Å²) < 4.78 is 0. The van der Waals surface area contributed by atoms with E-state index in [0.717, 1.165) is 33.4 Å². The van der Waals surface area contributed by atoms with Crippen molar-refractivity contribution < 1.29 is 0 Å². The Morgan fingerprint density at radius 2 is 2.00 bits per heavy atom. The van der Waals surface area contributed by atoms with Crippen LogP contribution in [0.1, 0.15) is 42.3 Å². The zero-order valence-corrected chi connectivity index (χ0v) is 19.1. The maximum absolute atomic E-state index is 6.49. The first-order valence-electron chi connectivity index (χ1n) is 10.5. The highest BCUT2D eigenvalue weighted by Crippen LogP contribution is 2.34. The summed E-state index contributed by atoms with van der Waals surface area (Å²) in [5.41, 5.74) is 12.1. The van der Waals surface area contributed by atoms with Crippen molar-refractivity contribution in [2.24, 2.45) is 15.7 Å². The smallest absolute Gasteiger partial charge is 0.177 e. The Morgan fingerprint density at radius 3 is 2.72 bits per heavy atom. The first-order valence-corrected chi connectivity index (χ1v) is 10.8. The second-order valence-electron chi connectivity index (χ2n) is 7.84. The number of rotatable bonds is 5. The van der Waals surface area contributed by atoms with E-state index in [4.69, 9.17) is 27.3 Å². The summed E-state index contributed by atoms with van der Waals surface area (Å²) in [6, 6.07) is 16.2. The zero-order chi connectivity index (χ0) is 22.7.